The zero-order chi connectivity index (χ0) is 10.4. The maximum absolute atomic E-state index is 11.0. The Kier molecular flexibility index (Phi) is 5.05. The van der Waals surface area contributed by atoms with Crippen molar-refractivity contribution in [2.24, 2.45) is 5.29 Å². The topological polar surface area (TPSA) is 76.0 Å². The van der Waals surface area contributed by atoms with Crippen molar-refractivity contribution in [2.75, 3.05) is 12.9 Å². The van der Waals surface area contributed by atoms with E-state index in [2.05, 4.69) is 22.7 Å². The molecular formula is C6H10N2O4S. The molecule has 0 heterocycles. The van der Waals surface area contributed by atoms with Gasteiger partial charge in [0.25, 0.3) is 0 Å². The molecule has 0 aliphatic rings. The molecule has 0 aromatic heterocycles. The molecule has 0 N–H and O–H groups in total. The van der Waals surface area contributed by atoms with Gasteiger partial charge in [-0.05, 0) is 0 Å². The van der Waals surface area contributed by atoms with Crippen LogP contribution in [-0.2, 0) is 14.3 Å². The first-order valence-electron chi connectivity index (χ1n) is 3.40. The van der Waals surface area contributed by atoms with Gasteiger partial charge in [0, 0.05) is 12.7 Å². The molecule has 74 valence electrons. The molecule has 0 saturated carbocycles. The summed E-state index contributed by atoms with van der Waals surface area (Å²) in [6, 6.07) is -1.05. The van der Waals surface area contributed by atoms with E-state index in [1.807, 2.05) is 0 Å². The van der Waals surface area contributed by atoms with Crippen molar-refractivity contribution in [3.8, 4) is 0 Å². The van der Waals surface area contributed by atoms with Crippen molar-refractivity contribution < 1.29 is 14.3 Å². The lowest BCUT2D eigenvalue weighted by Crippen LogP contribution is -2.42. The first-order valence-corrected chi connectivity index (χ1v) is 4.03. The van der Waals surface area contributed by atoms with Crippen molar-refractivity contribution in [3.05, 3.63) is 4.91 Å². The largest absolute Gasteiger partial charge is 0.467 e. The van der Waals surface area contributed by atoms with Gasteiger partial charge in [-0.3, -0.25) is 4.79 Å². The van der Waals surface area contributed by atoms with E-state index in [-0.39, 0.29) is 5.75 Å². The van der Waals surface area contributed by atoms with Crippen LogP contribution in [0.2, 0.25) is 0 Å². The van der Waals surface area contributed by atoms with Gasteiger partial charge in [0.2, 0.25) is 5.91 Å². The number of carbonyl (C=O) groups is 2. The number of esters is 1. The standard InChI is InChI=1S/C6H10N2O4S/c1-4(9)8(7-11)5(3-13)6(10)12-2/h5,13H,3H2,1-2H3. The lowest BCUT2D eigenvalue weighted by molar-refractivity contribution is -0.151. The summed E-state index contributed by atoms with van der Waals surface area (Å²) in [4.78, 5) is 32.0. The second-order valence-electron chi connectivity index (χ2n) is 2.17. The molecule has 1 amide bonds. The number of hydrogen-bond donors (Lipinski definition) is 1. The molecule has 0 aliphatic carbocycles. The fourth-order valence-corrected chi connectivity index (χ4v) is 1.03. The Hall–Kier alpha value is -1.11. The van der Waals surface area contributed by atoms with Crippen molar-refractivity contribution in [1.29, 1.82) is 0 Å². The summed E-state index contributed by atoms with van der Waals surface area (Å²) in [5.41, 5.74) is 0. The van der Waals surface area contributed by atoms with Gasteiger partial charge >= 0.3 is 5.97 Å². The third-order valence-corrected chi connectivity index (χ3v) is 1.70. The van der Waals surface area contributed by atoms with Gasteiger partial charge in [0.1, 0.15) is 0 Å². The van der Waals surface area contributed by atoms with Crippen LogP contribution in [0.3, 0.4) is 0 Å². The summed E-state index contributed by atoms with van der Waals surface area (Å²) in [6.45, 7) is 1.13. The summed E-state index contributed by atoms with van der Waals surface area (Å²) in [5, 5.41) is 2.91. The Morgan fingerprint density at radius 2 is 2.15 bits per heavy atom. The minimum atomic E-state index is -1.05. The average Bonchev–Trinajstić information content (AvgIpc) is 2.12. The molecule has 7 heteroatoms. The van der Waals surface area contributed by atoms with E-state index in [1.54, 1.807) is 0 Å². The molecule has 0 aromatic rings. The normalized spacial score (nSPS) is 11.6. The summed E-state index contributed by atoms with van der Waals surface area (Å²) in [7, 11) is 1.15. The van der Waals surface area contributed by atoms with Gasteiger partial charge in [-0.2, -0.15) is 17.6 Å². The van der Waals surface area contributed by atoms with Crippen LogP contribution in [0.4, 0.5) is 0 Å². The van der Waals surface area contributed by atoms with E-state index in [4.69, 9.17) is 0 Å². The average molecular weight is 206 g/mol. The summed E-state index contributed by atoms with van der Waals surface area (Å²) < 4.78 is 4.36. The molecule has 0 radical (unpaired) electrons. The van der Waals surface area contributed by atoms with E-state index >= 15 is 0 Å². The smallest absolute Gasteiger partial charge is 0.331 e. The molecule has 0 rings (SSSR count). The fourth-order valence-electron chi connectivity index (χ4n) is 0.722. The van der Waals surface area contributed by atoms with E-state index < -0.39 is 17.9 Å². The predicted octanol–water partition coefficient (Wildman–Crippen LogP) is -0.0123. The van der Waals surface area contributed by atoms with Crippen LogP contribution in [0, 0.1) is 4.91 Å². The molecule has 1 unspecified atom stereocenters. The van der Waals surface area contributed by atoms with E-state index in [0.717, 1.165) is 14.0 Å². The van der Waals surface area contributed by atoms with Gasteiger partial charge in [-0.1, -0.05) is 0 Å². The van der Waals surface area contributed by atoms with E-state index in [9.17, 15) is 14.5 Å². The summed E-state index contributed by atoms with van der Waals surface area (Å²) in [5.74, 6) is -1.36. The highest BCUT2D eigenvalue weighted by Gasteiger charge is 2.28. The van der Waals surface area contributed by atoms with Gasteiger partial charge in [0.05, 0.1) is 12.4 Å². The van der Waals surface area contributed by atoms with Crippen LogP contribution in [-0.4, -0.2) is 35.8 Å². The van der Waals surface area contributed by atoms with Crippen molar-refractivity contribution in [2.45, 2.75) is 13.0 Å². The molecule has 0 bridgehead atoms. The predicted molar refractivity (Wildman–Crippen MR) is 48.0 cm³/mol. The fraction of sp³-hybridized carbons (Fsp3) is 0.667. The number of hydrogen-bond acceptors (Lipinski definition) is 6. The molecule has 13 heavy (non-hydrogen) atoms. The molecule has 1 atom stereocenters. The molecule has 0 aliphatic heterocycles. The highest BCUT2D eigenvalue weighted by atomic mass is 32.1. The zero-order valence-electron chi connectivity index (χ0n) is 7.26. The quantitative estimate of drug-likeness (QED) is 0.304. The Balaban J connectivity index is 4.61. The van der Waals surface area contributed by atoms with E-state index in [1.165, 1.54) is 0 Å². The van der Waals surface area contributed by atoms with Crippen molar-refractivity contribution in [3.63, 3.8) is 0 Å². The number of nitroso groups, excluding NO2 is 1. The number of rotatable bonds is 4. The maximum Gasteiger partial charge on any atom is 0.331 e. The summed E-state index contributed by atoms with van der Waals surface area (Å²) >= 11 is 3.80. The van der Waals surface area contributed by atoms with Crippen LogP contribution < -0.4 is 0 Å². The highest BCUT2D eigenvalue weighted by Crippen LogP contribution is 2.05. The molecule has 0 spiro atoms. The van der Waals surface area contributed by atoms with Crippen LogP contribution >= 0.6 is 12.6 Å². The number of ether oxygens (including phenoxy) is 1. The Labute approximate surface area is 80.6 Å². The second kappa shape index (κ2) is 5.52. The monoisotopic (exact) mass is 206 g/mol. The molecule has 6 nitrogen and oxygen atoms in total. The lowest BCUT2D eigenvalue weighted by Gasteiger charge is -2.18. The van der Waals surface area contributed by atoms with Crippen LogP contribution in [0.5, 0.6) is 0 Å². The molecule has 0 aromatic carbocycles. The lowest BCUT2D eigenvalue weighted by atomic mass is 10.3. The number of nitrogens with zero attached hydrogens (tertiary/aromatic N) is 2. The Bertz CT molecular complexity index is 221. The second-order valence-corrected chi connectivity index (χ2v) is 2.53. The minimum absolute atomic E-state index is 0.0159. The van der Waals surface area contributed by atoms with Crippen LogP contribution in [0.1, 0.15) is 6.92 Å². The van der Waals surface area contributed by atoms with Gasteiger partial charge < -0.3 is 4.74 Å². The SMILES string of the molecule is COC(=O)C(CS)N(N=O)C(C)=O. The van der Waals surface area contributed by atoms with Crippen LogP contribution in [0.15, 0.2) is 5.29 Å². The van der Waals surface area contributed by atoms with Gasteiger partial charge in [-0.15, -0.1) is 4.91 Å². The van der Waals surface area contributed by atoms with Crippen LogP contribution in [0.25, 0.3) is 0 Å². The molecule has 0 saturated heterocycles. The zero-order valence-corrected chi connectivity index (χ0v) is 8.15. The third-order valence-electron chi connectivity index (χ3n) is 1.35. The molecule has 0 fully saturated rings. The molecular weight excluding hydrogens is 196 g/mol. The minimum Gasteiger partial charge on any atom is -0.467 e. The van der Waals surface area contributed by atoms with Gasteiger partial charge in [-0.25, -0.2) is 4.79 Å². The summed E-state index contributed by atoms with van der Waals surface area (Å²) in [6.07, 6.45) is 0. The van der Waals surface area contributed by atoms with E-state index in [0.29, 0.717) is 5.01 Å². The van der Waals surface area contributed by atoms with Gasteiger partial charge in [0.15, 0.2) is 6.04 Å². The number of methoxy groups -OCH3 is 1. The maximum atomic E-state index is 11.0. The Morgan fingerprint density at radius 1 is 1.62 bits per heavy atom. The van der Waals surface area contributed by atoms with Crippen molar-refractivity contribution >= 4 is 24.5 Å². The first-order chi connectivity index (χ1) is 6.08. The number of thiol groups is 1. The third kappa shape index (κ3) is 3.02. The Morgan fingerprint density at radius 3 is 2.38 bits per heavy atom. The number of amides is 1. The first kappa shape index (κ1) is 11.9. The highest BCUT2D eigenvalue weighted by molar-refractivity contribution is 7.80. The number of carbonyl (C=O) groups excluding carboxylic acids is 2. The van der Waals surface area contributed by atoms with Crippen molar-refractivity contribution in [1.82, 2.24) is 5.01 Å².